The van der Waals surface area contributed by atoms with Crippen LogP contribution < -0.4 is 15.8 Å². The Bertz CT molecular complexity index is 1310. The molecule has 178 valence electrons. The molecule has 1 fully saturated rings. The van der Waals surface area contributed by atoms with Crippen molar-refractivity contribution < 1.29 is 9.84 Å². The molecule has 1 saturated carbocycles. The second kappa shape index (κ2) is 10.1. The van der Waals surface area contributed by atoms with Crippen molar-refractivity contribution in [3.63, 3.8) is 0 Å². The van der Waals surface area contributed by atoms with Gasteiger partial charge in [-0.05, 0) is 37.5 Å². The number of nitrogens with two attached hydrogens (primary N) is 1. The van der Waals surface area contributed by atoms with E-state index in [-0.39, 0.29) is 12.2 Å². The average Bonchev–Trinajstić information content (AvgIpc) is 3.28. The maximum Gasteiger partial charge on any atom is 0.169 e. The molecule has 2 aromatic heterocycles. The van der Waals surface area contributed by atoms with Crippen LogP contribution in [-0.2, 0) is 6.54 Å². The van der Waals surface area contributed by atoms with E-state index >= 15 is 0 Å². The summed E-state index contributed by atoms with van der Waals surface area (Å²) in [7, 11) is 0. The number of aromatic nitrogens is 4. The first-order chi connectivity index (χ1) is 17.0. The zero-order chi connectivity index (χ0) is 24.2. The Morgan fingerprint density at radius 3 is 2.57 bits per heavy atom. The Labute approximate surface area is 204 Å². The van der Waals surface area contributed by atoms with Gasteiger partial charge in [-0.3, -0.25) is 0 Å². The summed E-state index contributed by atoms with van der Waals surface area (Å²) in [6.45, 7) is 2.57. The van der Waals surface area contributed by atoms with Gasteiger partial charge in [0.15, 0.2) is 23.2 Å². The third-order valence-electron chi connectivity index (χ3n) is 6.05. The van der Waals surface area contributed by atoms with Crippen LogP contribution in [0.3, 0.4) is 0 Å². The second-order valence-corrected chi connectivity index (χ2v) is 8.86. The molecule has 4 N–H and O–H groups in total. The number of hydrogen-bond acceptors (Lipinski definition) is 8. The molecule has 8 heteroatoms. The Balaban J connectivity index is 1.26. The number of hydrogen-bond donors (Lipinski definition) is 3. The van der Waals surface area contributed by atoms with Crippen LogP contribution in [0.4, 0.5) is 11.6 Å². The van der Waals surface area contributed by atoms with E-state index in [0.717, 1.165) is 40.8 Å². The lowest BCUT2D eigenvalue weighted by Gasteiger charge is -2.13. The van der Waals surface area contributed by atoms with Gasteiger partial charge in [0.05, 0.1) is 30.4 Å². The zero-order valence-electron chi connectivity index (χ0n) is 19.6. The molecule has 35 heavy (non-hydrogen) atoms. The van der Waals surface area contributed by atoms with Gasteiger partial charge < -0.3 is 20.9 Å². The molecule has 2 aromatic carbocycles. The van der Waals surface area contributed by atoms with E-state index in [4.69, 9.17) is 10.5 Å². The molecule has 4 aromatic rings. The zero-order valence-corrected chi connectivity index (χ0v) is 19.6. The predicted molar refractivity (Wildman–Crippen MR) is 136 cm³/mol. The van der Waals surface area contributed by atoms with Gasteiger partial charge in [0.2, 0.25) is 0 Å². The third-order valence-corrected chi connectivity index (χ3v) is 6.05. The number of aryl methyl sites for hydroxylation is 1. The van der Waals surface area contributed by atoms with E-state index in [0.29, 0.717) is 36.2 Å². The third kappa shape index (κ3) is 5.55. The lowest BCUT2D eigenvalue weighted by molar-refractivity contribution is 0.149. The van der Waals surface area contributed by atoms with Crippen molar-refractivity contribution >= 4 is 11.6 Å². The van der Waals surface area contributed by atoms with Crippen LogP contribution in [0.1, 0.15) is 30.4 Å². The van der Waals surface area contributed by atoms with E-state index in [2.05, 4.69) is 31.3 Å². The summed E-state index contributed by atoms with van der Waals surface area (Å²) in [4.78, 5) is 18.0. The fourth-order valence-electron chi connectivity index (χ4n) is 4.22. The van der Waals surface area contributed by atoms with Crippen LogP contribution in [0.2, 0.25) is 0 Å². The van der Waals surface area contributed by atoms with Crippen molar-refractivity contribution in [3.8, 4) is 28.4 Å². The fraction of sp³-hybridized carbons (Fsp3) is 0.259. The van der Waals surface area contributed by atoms with Crippen molar-refractivity contribution in [3.05, 3.63) is 78.2 Å². The molecule has 0 aliphatic heterocycles. The first-order valence-corrected chi connectivity index (χ1v) is 11.7. The molecular formula is C27H28N6O2. The van der Waals surface area contributed by atoms with Gasteiger partial charge in [0.25, 0.3) is 0 Å². The quantitative estimate of drug-likeness (QED) is 0.365. The Morgan fingerprint density at radius 2 is 1.80 bits per heavy atom. The topological polar surface area (TPSA) is 119 Å². The predicted octanol–water partition coefficient (Wildman–Crippen LogP) is 4.40. The van der Waals surface area contributed by atoms with E-state index in [1.807, 2.05) is 49.4 Å². The average molecular weight is 469 g/mol. The van der Waals surface area contributed by atoms with Crippen LogP contribution in [0.5, 0.6) is 5.75 Å². The normalized spacial score (nSPS) is 17.3. The maximum absolute atomic E-state index is 9.67. The molecule has 2 heterocycles. The van der Waals surface area contributed by atoms with Crippen LogP contribution in [-0.4, -0.2) is 37.3 Å². The Hall–Kier alpha value is -4.04. The molecule has 0 amide bonds. The Kier molecular flexibility index (Phi) is 6.54. The number of aliphatic hydroxyl groups is 1. The van der Waals surface area contributed by atoms with Crippen molar-refractivity contribution in [1.82, 2.24) is 19.9 Å². The highest BCUT2D eigenvalue weighted by molar-refractivity contribution is 5.66. The SMILES string of the molecule is Cc1cccc(-c2cnc(N)c(NCc3cccc(-c4ncc(OC5CCC(O)C5)cn4)c3)n2)c1. The summed E-state index contributed by atoms with van der Waals surface area (Å²) in [5, 5.41) is 13.0. The number of nitrogens with one attached hydrogen (secondary N) is 1. The van der Waals surface area contributed by atoms with E-state index < -0.39 is 0 Å². The van der Waals surface area contributed by atoms with Crippen LogP contribution in [0.25, 0.3) is 22.6 Å². The minimum absolute atomic E-state index is 0.0220. The van der Waals surface area contributed by atoms with Crippen LogP contribution >= 0.6 is 0 Å². The molecule has 8 nitrogen and oxygen atoms in total. The van der Waals surface area contributed by atoms with Crippen LogP contribution in [0, 0.1) is 6.92 Å². The van der Waals surface area contributed by atoms with Gasteiger partial charge in [0, 0.05) is 24.1 Å². The number of nitrogen functional groups attached to an aromatic ring is 1. The summed E-state index contributed by atoms with van der Waals surface area (Å²) < 4.78 is 5.89. The number of anilines is 2. The molecule has 2 unspecified atom stereocenters. The summed E-state index contributed by atoms with van der Waals surface area (Å²) in [5.74, 6) is 2.13. The molecule has 0 spiro atoms. The number of nitrogens with zero attached hydrogens (tertiary/aromatic N) is 4. The van der Waals surface area contributed by atoms with Gasteiger partial charge in [-0.1, -0.05) is 42.0 Å². The molecule has 0 saturated heterocycles. The summed E-state index contributed by atoms with van der Waals surface area (Å²) in [6.07, 6.45) is 7.08. The summed E-state index contributed by atoms with van der Waals surface area (Å²) >= 11 is 0. The van der Waals surface area contributed by atoms with Gasteiger partial charge in [0.1, 0.15) is 6.10 Å². The smallest absolute Gasteiger partial charge is 0.169 e. The van der Waals surface area contributed by atoms with Gasteiger partial charge in [-0.25, -0.2) is 19.9 Å². The number of ether oxygens (including phenoxy) is 1. The lowest BCUT2D eigenvalue weighted by atomic mass is 10.1. The molecule has 0 radical (unpaired) electrons. The van der Waals surface area contributed by atoms with Crippen molar-refractivity contribution in [2.24, 2.45) is 0 Å². The minimum atomic E-state index is -0.275. The van der Waals surface area contributed by atoms with Gasteiger partial charge >= 0.3 is 0 Å². The lowest BCUT2D eigenvalue weighted by Crippen LogP contribution is -2.13. The van der Waals surface area contributed by atoms with Crippen molar-refractivity contribution in [1.29, 1.82) is 0 Å². The molecule has 1 aliphatic rings. The maximum atomic E-state index is 9.67. The molecule has 5 rings (SSSR count). The summed E-state index contributed by atoms with van der Waals surface area (Å²) in [6, 6.07) is 16.1. The van der Waals surface area contributed by atoms with E-state index in [1.54, 1.807) is 18.6 Å². The standard InChI is InChI=1S/C27H28N6O2/c1-17-4-2-6-19(10-17)24-16-29-25(28)27(33-24)30-13-18-5-3-7-20(11-18)26-31-14-23(15-32-26)35-22-9-8-21(34)12-22/h2-7,10-11,14-16,21-22,34H,8-9,12-13H2,1H3,(H2,28,29)(H,30,33). The number of aliphatic hydroxyl groups excluding tert-OH is 1. The Morgan fingerprint density at radius 1 is 1.00 bits per heavy atom. The molecular weight excluding hydrogens is 440 g/mol. The van der Waals surface area contributed by atoms with E-state index in [1.165, 1.54) is 0 Å². The first kappa shape index (κ1) is 22.7. The highest BCUT2D eigenvalue weighted by Crippen LogP contribution is 2.26. The number of rotatable bonds is 7. The van der Waals surface area contributed by atoms with Crippen LogP contribution in [0.15, 0.2) is 67.1 Å². The minimum Gasteiger partial charge on any atom is -0.487 e. The molecule has 2 atom stereocenters. The van der Waals surface area contributed by atoms with Crippen molar-refractivity contribution in [2.75, 3.05) is 11.1 Å². The second-order valence-electron chi connectivity index (χ2n) is 8.86. The van der Waals surface area contributed by atoms with Gasteiger partial charge in [-0.2, -0.15) is 0 Å². The highest BCUT2D eigenvalue weighted by atomic mass is 16.5. The molecule has 1 aliphatic carbocycles. The van der Waals surface area contributed by atoms with Gasteiger partial charge in [-0.15, -0.1) is 0 Å². The fourth-order valence-corrected chi connectivity index (χ4v) is 4.22. The van der Waals surface area contributed by atoms with E-state index in [9.17, 15) is 5.11 Å². The van der Waals surface area contributed by atoms with Crippen molar-refractivity contribution in [2.45, 2.75) is 44.9 Å². The number of benzene rings is 2. The summed E-state index contributed by atoms with van der Waals surface area (Å²) in [5.41, 5.74) is 10.9. The highest BCUT2D eigenvalue weighted by Gasteiger charge is 2.24. The first-order valence-electron chi connectivity index (χ1n) is 11.7. The molecule has 0 bridgehead atoms. The monoisotopic (exact) mass is 468 g/mol. The largest absolute Gasteiger partial charge is 0.487 e.